The zero-order chi connectivity index (χ0) is 22.1. The molecule has 0 spiro atoms. The highest BCUT2D eigenvalue weighted by Gasteiger charge is 2.23. The molecule has 0 amide bonds. The van der Waals surface area contributed by atoms with E-state index in [2.05, 4.69) is 20.2 Å². The molecule has 2 aliphatic carbocycles. The van der Waals surface area contributed by atoms with Crippen LogP contribution >= 0.6 is 23.2 Å². The van der Waals surface area contributed by atoms with Crippen molar-refractivity contribution in [2.75, 3.05) is 10.6 Å². The molecule has 9 heteroatoms. The second kappa shape index (κ2) is 9.41. The Morgan fingerprint density at radius 1 is 1.00 bits per heavy atom. The zero-order valence-electron chi connectivity index (χ0n) is 18.0. The summed E-state index contributed by atoms with van der Waals surface area (Å²) >= 11 is 12.3. The molecule has 3 aromatic rings. The molecule has 170 valence electrons. The number of halogens is 2. The Labute approximate surface area is 198 Å². The first kappa shape index (κ1) is 21.7. The van der Waals surface area contributed by atoms with Gasteiger partial charge >= 0.3 is 0 Å². The topological polar surface area (TPSA) is 93.7 Å². The van der Waals surface area contributed by atoms with Gasteiger partial charge in [-0.25, -0.2) is 4.98 Å². The van der Waals surface area contributed by atoms with E-state index >= 15 is 0 Å². The van der Waals surface area contributed by atoms with Gasteiger partial charge in [0.15, 0.2) is 17.0 Å². The lowest BCUT2D eigenvalue weighted by Crippen LogP contribution is -2.33. The van der Waals surface area contributed by atoms with Crippen molar-refractivity contribution in [3.63, 3.8) is 0 Å². The Balaban J connectivity index is 1.44. The van der Waals surface area contributed by atoms with Gasteiger partial charge in [0.1, 0.15) is 0 Å². The van der Waals surface area contributed by atoms with Crippen molar-refractivity contribution in [3.8, 4) is 0 Å². The molecule has 0 aliphatic heterocycles. The van der Waals surface area contributed by atoms with Gasteiger partial charge in [-0.1, -0.05) is 42.1 Å². The predicted molar refractivity (Wildman–Crippen MR) is 130 cm³/mol. The number of imidazole rings is 1. The first-order chi connectivity index (χ1) is 15.6. The first-order valence-corrected chi connectivity index (χ1v) is 12.3. The van der Waals surface area contributed by atoms with Crippen LogP contribution in [0.15, 0.2) is 24.5 Å². The Bertz CT molecular complexity index is 1090. The van der Waals surface area contributed by atoms with Crippen LogP contribution in [0.3, 0.4) is 0 Å². The number of aromatic nitrogens is 4. The van der Waals surface area contributed by atoms with Gasteiger partial charge in [-0.15, -0.1) is 0 Å². The molecule has 5 rings (SSSR count). The van der Waals surface area contributed by atoms with Gasteiger partial charge in [-0.05, 0) is 56.2 Å². The summed E-state index contributed by atoms with van der Waals surface area (Å²) in [5.41, 5.74) is 8.79. The third-order valence-electron chi connectivity index (χ3n) is 6.69. The van der Waals surface area contributed by atoms with Gasteiger partial charge in [-0.2, -0.15) is 9.97 Å². The van der Waals surface area contributed by atoms with E-state index in [1.54, 1.807) is 0 Å². The second-order valence-corrected chi connectivity index (χ2v) is 9.83. The zero-order valence-corrected chi connectivity index (χ0v) is 19.5. The molecule has 2 aromatic heterocycles. The smallest absolute Gasteiger partial charge is 0.227 e. The lowest BCUT2D eigenvalue weighted by Gasteiger charge is -2.27. The third kappa shape index (κ3) is 4.65. The fourth-order valence-corrected chi connectivity index (χ4v) is 5.16. The molecule has 2 fully saturated rings. The van der Waals surface area contributed by atoms with Crippen LogP contribution in [-0.4, -0.2) is 31.6 Å². The SMILES string of the molecule is N[C@H]1CC[C@H](Nc2nc(NCc3ccc(Cl)c(Cl)c3)c3ncn(C4CCCC4)c3n2)CC1. The number of nitrogens with one attached hydrogen (secondary N) is 2. The number of benzene rings is 1. The molecule has 7 nitrogen and oxygen atoms in total. The Kier molecular flexibility index (Phi) is 6.40. The summed E-state index contributed by atoms with van der Waals surface area (Å²) in [6.07, 6.45) is 10.9. The van der Waals surface area contributed by atoms with Crippen LogP contribution in [0, 0.1) is 0 Å². The van der Waals surface area contributed by atoms with Gasteiger partial charge in [0.05, 0.1) is 16.4 Å². The second-order valence-electron chi connectivity index (χ2n) is 9.02. The summed E-state index contributed by atoms with van der Waals surface area (Å²) in [6.45, 7) is 0.566. The third-order valence-corrected chi connectivity index (χ3v) is 7.43. The first-order valence-electron chi connectivity index (χ1n) is 11.5. The van der Waals surface area contributed by atoms with E-state index in [1.807, 2.05) is 24.5 Å². The number of rotatable bonds is 6. The number of fused-ring (bicyclic) bond motifs is 1. The monoisotopic (exact) mass is 473 g/mol. The molecule has 0 radical (unpaired) electrons. The molecule has 0 saturated heterocycles. The highest BCUT2D eigenvalue weighted by molar-refractivity contribution is 6.42. The summed E-state index contributed by atoms with van der Waals surface area (Å²) in [4.78, 5) is 14.4. The highest BCUT2D eigenvalue weighted by Crippen LogP contribution is 2.33. The standard InChI is InChI=1S/C23H29Cl2N7/c24-18-10-5-14(11-19(18)25)12-27-21-20-22(32(13-28-20)17-3-1-2-4-17)31-23(30-21)29-16-8-6-15(26)7-9-16/h5,10-11,13,15-17H,1-4,6-9,12,26H2,(H2,27,29,30,31)/t15-,16-. The van der Waals surface area contributed by atoms with Crippen molar-refractivity contribution < 1.29 is 0 Å². The van der Waals surface area contributed by atoms with Gasteiger partial charge in [0.25, 0.3) is 0 Å². The van der Waals surface area contributed by atoms with E-state index in [1.165, 1.54) is 25.7 Å². The molecule has 2 saturated carbocycles. The van der Waals surface area contributed by atoms with E-state index in [0.717, 1.165) is 48.2 Å². The maximum Gasteiger partial charge on any atom is 0.227 e. The number of nitrogens with two attached hydrogens (primary N) is 1. The highest BCUT2D eigenvalue weighted by atomic mass is 35.5. The average Bonchev–Trinajstić information content (AvgIpc) is 3.46. The minimum atomic E-state index is 0.309. The van der Waals surface area contributed by atoms with Crippen LogP contribution in [-0.2, 0) is 6.54 Å². The number of hydrogen-bond acceptors (Lipinski definition) is 6. The Morgan fingerprint density at radius 2 is 1.78 bits per heavy atom. The number of hydrogen-bond donors (Lipinski definition) is 3. The minimum absolute atomic E-state index is 0.309. The van der Waals surface area contributed by atoms with Crippen molar-refractivity contribution >= 4 is 46.1 Å². The largest absolute Gasteiger partial charge is 0.364 e. The molecular weight excluding hydrogens is 445 g/mol. The van der Waals surface area contributed by atoms with Gasteiger partial charge in [0.2, 0.25) is 5.95 Å². The molecule has 0 atom stereocenters. The van der Waals surface area contributed by atoms with E-state index in [-0.39, 0.29) is 0 Å². The molecule has 32 heavy (non-hydrogen) atoms. The van der Waals surface area contributed by atoms with Gasteiger partial charge < -0.3 is 20.9 Å². The molecule has 2 aliphatic rings. The molecule has 0 bridgehead atoms. The summed E-state index contributed by atoms with van der Waals surface area (Å²) in [5, 5.41) is 8.10. The molecule has 0 unspecified atom stereocenters. The van der Waals surface area contributed by atoms with Crippen molar-refractivity contribution in [2.45, 2.75) is 76.0 Å². The maximum atomic E-state index is 6.19. The van der Waals surface area contributed by atoms with E-state index in [0.29, 0.717) is 40.7 Å². The molecule has 1 aromatic carbocycles. The van der Waals surface area contributed by atoms with Crippen LogP contribution in [0.5, 0.6) is 0 Å². The fourth-order valence-electron chi connectivity index (χ4n) is 4.84. The lowest BCUT2D eigenvalue weighted by atomic mass is 9.92. The summed E-state index contributed by atoms with van der Waals surface area (Å²) in [6, 6.07) is 6.75. The van der Waals surface area contributed by atoms with Crippen LogP contribution in [0.1, 0.15) is 63.0 Å². The van der Waals surface area contributed by atoms with Crippen LogP contribution in [0.2, 0.25) is 10.0 Å². The van der Waals surface area contributed by atoms with Crippen molar-refractivity contribution in [2.24, 2.45) is 5.73 Å². The van der Waals surface area contributed by atoms with E-state index < -0.39 is 0 Å². The lowest BCUT2D eigenvalue weighted by molar-refractivity contribution is 0.410. The van der Waals surface area contributed by atoms with E-state index in [9.17, 15) is 0 Å². The molecule has 4 N–H and O–H groups in total. The number of nitrogens with zero attached hydrogens (tertiary/aromatic N) is 4. The van der Waals surface area contributed by atoms with E-state index in [4.69, 9.17) is 38.9 Å². The quantitative estimate of drug-likeness (QED) is 0.434. The normalized spacial score (nSPS) is 21.8. The van der Waals surface area contributed by atoms with Crippen LogP contribution in [0.4, 0.5) is 11.8 Å². The Hall–Kier alpha value is -2.09. The predicted octanol–water partition coefficient (Wildman–Crippen LogP) is 5.54. The average molecular weight is 474 g/mol. The summed E-state index contributed by atoms with van der Waals surface area (Å²) < 4.78 is 2.23. The van der Waals surface area contributed by atoms with Crippen molar-refractivity contribution in [3.05, 3.63) is 40.1 Å². The molecule has 2 heterocycles. The maximum absolute atomic E-state index is 6.19. The summed E-state index contributed by atoms with van der Waals surface area (Å²) in [5.74, 6) is 1.38. The molecular formula is C23H29Cl2N7. The van der Waals surface area contributed by atoms with Gasteiger partial charge in [-0.3, -0.25) is 0 Å². The summed E-state index contributed by atoms with van der Waals surface area (Å²) in [7, 11) is 0. The fraction of sp³-hybridized carbons (Fsp3) is 0.522. The Morgan fingerprint density at radius 3 is 2.53 bits per heavy atom. The van der Waals surface area contributed by atoms with Crippen LogP contribution in [0.25, 0.3) is 11.2 Å². The minimum Gasteiger partial charge on any atom is -0.364 e. The van der Waals surface area contributed by atoms with Crippen molar-refractivity contribution in [1.29, 1.82) is 0 Å². The van der Waals surface area contributed by atoms with Crippen LogP contribution < -0.4 is 16.4 Å². The number of anilines is 2. The van der Waals surface area contributed by atoms with Gasteiger partial charge in [0, 0.05) is 24.7 Å². The van der Waals surface area contributed by atoms with Crippen molar-refractivity contribution in [1.82, 2.24) is 19.5 Å².